The number of nitrogens with one attached hydrogen (secondary N) is 2. The van der Waals surface area contributed by atoms with Gasteiger partial charge in [-0.2, -0.15) is 11.8 Å². The van der Waals surface area contributed by atoms with Crippen molar-refractivity contribution >= 4 is 58.9 Å². The summed E-state index contributed by atoms with van der Waals surface area (Å²) in [7, 11) is 0. The fourth-order valence-corrected chi connectivity index (χ4v) is 8.14. The molecule has 14 heteroatoms. The molecule has 1 aromatic rings. The summed E-state index contributed by atoms with van der Waals surface area (Å²) in [4.78, 5) is 84.4. The second-order valence-electron chi connectivity index (χ2n) is 17.0. The fourth-order valence-electron chi connectivity index (χ4n) is 7.22. The molecule has 1 aromatic carbocycles. The zero-order valence-corrected chi connectivity index (χ0v) is 40.1. The zero-order chi connectivity index (χ0) is 47.0. The molecule has 0 bridgehead atoms. The van der Waals surface area contributed by atoms with E-state index in [0.717, 1.165) is 38.5 Å². The summed E-state index contributed by atoms with van der Waals surface area (Å²) in [6.45, 7) is 4.45. The van der Waals surface area contributed by atoms with Crippen LogP contribution in [-0.2, 0) is 38.2 Å². The number of carbonyl (C=O) groups excluding carboxylic acids is 5. The van der Waals surface area contributed by atoms with Gasteiger partial charge < -0.3 is 30.3 Å². The minimum atomic E-state index is -1.80. The van der Waals surface area contributed by atoms with Crippen LogP contribution < -0.4 is 10.6 Å². The lowest BCUT2D eigenvalue weighted by molar-refractivity contribution is -0.157. The highest BCUT2D eigenvalue weighted by Gasteiger charge is 2.27. The van der Waals surface area contributed by atoms with Gasteiger partial charge in [0, 0.05) is 48.4 Å². The number of amides is 2. The lowest BCUT2D eigenvalue weighted by Gasteiger charge is -2.18. The van der Waals surface area contributed by atoms with Gasteiger partial charge >= 0.3 is 23.9 Å². The van der Waals surface area contributed by atoms with Crippen LogP contribution in [0.1, 0.15) is 217 Å². The minimum absolute atomic E-state index is 0.0379. The Morgan fingerprint density at radius 3 is 1.45 bits per heavy atom. The summed E-state index contributed by atoms with van der Waals surface area (Å²) in [6.07, 6.45) is 30.8. The van der Waals surface area contributed by atoms with Crippen LogP contribution in [0.4, 0.5) is 5.69 Å². The van der Waals surface area contributed by atoms with E-state index < -0.39 is 42.2 Å². The summed E-state index contributed by atoms with van der Waals surface area (Å²) in [5.74, 6) is -5.70. The van der Waals surface area contributed by atoms with Gasteiger partial charge in [0.25, 0.3) is 5.91 Å². The van der Waals surface area contributed by atoms with Crippen LogP contribution in [0.25, 0.3) is 0 Å². The first-order valence-electron chi connectivity index (χ1n) is 24.6. The molecule has 0 aliphatic heterocycles. The van der Waals surface area contributed by atoms with Crippen molar-refractivity contribution in [2.75, 3.05) is 23.4 Å². The average Bonchev–Trinajstić information content (AvgIpc) is 3.27. The van der Waals surface area contributed by atoms with E-state index in [9.17, 15) is 38.7 Å². The highest BCUT2D eigenvalue weighted by molar-refractivity contribution is 7.99. The molecule has 1 unspecified atom stereocenters. The summed E-state index contributed by atoms with van der Waals surface area (Å²) in [5.41, 5.74) is 0.431. The molecule has 2 atom stereocenters. The van der Waals surface area contributed by atoms with Crippen molar-refractivity contribution in [2.24, 2.45) is 0 Å². The Morgan fingerprint density at radius 1 is 0.578 bits per heavy atom. The zero-order valence-electron chi connectivity index (χ0n) is 39.3. The molecule has 4 N–H and O–H groups in total. The fraction of sp³-hybridized carbons (Fsp3) is 0.740. The normalized spacial score (nSPS) is 12.0. The molecule has 0 aliphatic carbocycles. The summed E-state index contributed by atoms with van der Waals surface area (Å²) in [5, 5.41) is 22.9. The minimum Gasteiger partial charge on any atom is -0.480 e. The van der Waals surface area contributed by atoms with Gasteiger partial charge in [-0.1, -0.05) is 168 Å². The van der Waals surface area contributed by atoms with Gasteiger partial charge in [-0.15, -0.1) is 0 Å². The van der Waals surface area contributed by atoms with E-state index in [2.05, 4.69) is 24.5 Å². The third-order valence-electron chi connectivity index (χ3n) is 11.1. The Hall–Kier alpha value is -3.94. The highest BCUT2D eigenvalue weighted by Crippen LogP contribution is 2.17. The Kier molecular flexibility index (Phi) is 35.8. The quantitative estimate of drug-likeness (QED) is 0.0275. The molecule has 0 aliphatic rings. The number of carboxylic acid groups (broad SMARTS) is 2. The molecule has 364 valence electrons. The van der Waals surface area contributed by atoms with Crippen LogP contribution >= 0.6 is 11.8 Å². The van der Waals surface area contributed by atoms with Crippen LogP contribution in [0.2, 0.25) is 0 Å². The van der Waals surface area contributed by atoms with Gasteiger partial charge in [-0.3, -0.25) is 24.0 Å². The maximum Gasteiger partial charge on any atom is 0.372 e. The largest absolute Gasteiger partial charge is 0.480 e. The van der Waals surface area contributed by atoms with Gasteiger partial charge in [0.05, 0.1) is 0 Å². The number of anilines is 1. The predicted octanol–water partition coefficient (Wildman–Crippen LogP) is 11.4. The van der Waals surface area contributed by atoms with E-state index in [4.69, 9.17) is 14.6 Å². The number of ether oxygens (including phenoxy) is 2. The summed E-state index contributed by atoms with van der Waals surface area (Å²) >= 11 is 1.41. The monoisotopic (exact) mass is 919 g/mol. The number of Topliss-reactive ketones (excluding diaryl/α,β-unsaturated/α-hetero) is 1. The molecule has 13 nitrogen and oxygen atoms in total. The van der Waals surface area contributed by atoms with Crippen molar-refractivity contribution in [1.29, 1.82) is 0 Å². The second-order valence-corrected chi connectivity index (χ2v) is 18.2. The number of unbranched alkanes of at least 4 members (excludes halogenated alkanes) is 24. The molecule has 0 fully saturated rings. The first-order chi connectivity index (χ1) is 31.0. The molecule has 0 radical (unpaired) electrons. The maximum atomic E-state index is 12.8. The summed E-state index contributed by atoms with van der Waals surface area (Å²) < 4.78 is 11.4. The van der Waals surface area contributed by atoms with E-state index in [1.54, 1.807) is 0 Å². The van der Waals surface area contributed by atoms with Gasteiger partial charge in [-0.25, -0.2) is 9.59 Å². The molecular formula is C50H82N2O11S. The van der Waals surface area contributed by atoms with Crippen LogP contribution in [0.5, 0.6) is 0 Å². The lowest BCUT2D eigenvalue weighted by Crippen LogP contribution is -2.43. The number of carbonyl (C=O) groups is 7. The van der Waals surface area contributed by atoms with Crippen molar-refractivity contribution in [3.8, 4) is 0 Å². The number of rotatable bonds is 43. The Labute approximate surface area is 388 Å². The van der Waals surface area contributed by atoms with Crippen LogP contribution in [0.3, 0.4) is 0 Å². The Morgan fingerprint density at radius 2 is 1.02 bits per heavy atom. The number of esters is 2. The molecule has 0 heterocycles. The third-order valence-corrected chi connectivity index (χ3v) is 12.2. The average molecular weight is 919 g/mol. The first kappa shape index (κ1) is 58.1. The highest BCUT2D eigenvalue weighted by atomic mass is 32.2. The van der Waals surface area contributed by atoms with E-state index in [-0.39, 0.29) is 36.4 Å². The van der Waals surface area contributed by atoms with E-state index in [0.29, 0.717) is 30.0 Å². The molecule has 0 saturated heterocycles. The molecule has 0 spiro atoms. The van der Waals surface area contributed by atoms with Crippen LogP contribution in [0, 0.1) is 0 Å². The molecule has 64 heavy (non-hydrogen) atoms. The molecule has 2 amide bonds. The number of benzene rings is 1. The Balaban J connectivity index is 2.50. The SMILES string of the molecule is CCCCCCCCCCCCCCCC(=O)OCC(CSCCC(=O)Nc1ccc(C(=O)N[C@@H](CC(=O)C(=O)O)C(=O)O)cc1)OC(=O)CCCCCCCCCCCCCCC. The van der Waals surface area contributed by atoms with Crippen molar-refractivity contribution in [2.45, 2.75) is 219 Å². The maximum absolute atomic E-state index is 12.8. The molecule has 0 aromatic heterocycles. The first-order valence-corrected chi connectivity index (χ1v) is 25.7. The molecule has 1 rings (SSSR count). The number of hydrogen-bond acceptors (Lipinski definition) is 10. The smallest absolute Gasteiger partial charge is 0.372 e. The van der Waals surface area contributed by atoms with Crippen molar-refractivity contribution in [3.05, 3.63) is 29.8 Å². The topological polar surface area (TPSA) is 202 Å². The van der Waals surface area contributed by atoms with Gasteiger partial charge in [0.1, 0.15) is 18.8 Å². The molecular weight excluding hydrogens is 837 g/mol. The lowest BCUT2D eigenvalue weighted by atomic mass is 10.0. The standard InChI is InChI=1S/C50H82N2O11S/c1-3-5-7-9-11-13-15-17-19-21-23-25-27-29-46(55)62-38-42(63-47(56)30-28-26-24-22-20-18-16-14-12-10-8-6-4-2)39-64-36-35-45(54)51-41-33-31-40(32-34-41)48(57)52-43(49(58)59)37-44(53)50(60)61/h31-34,42-43H,3-30,35-39H2,1-2H3,(H,51,54)(H,52,57)(H,58,59)(H,60,61)/t42?,43-/m0/s1. The van der Waals surface area contributed by atoms with Gasteiger partial charge in [0.15, 0.2) is 0 Å². The number of hydrogen-bond donors (Lipinski definition) is 4. The predicted molar refractivity (Wildman–Crippen MR) is 255 cm³/mol. The number of aliphatic carboxylic acids is 2. The number of carboxylic acids is 2. The van der Waals surface area contributed by atoms with Gasteiger partial charge in [0.2, 0.25) is 11.7 Å². The Bertz CT molecular complexity index is 1460. The third kappa shape index (κ3) is 32.7. The van der Waals surface area contributed by atoms with E-state index >= 15 is 0 Å². The number of ketones is 1. The van der Waals surface area contributed by atoms with Crippen LogP contribution in [0.15, 0.2) is 24.3 Å². The van der Waals surface area contributed by atoms with E-state index in [1.807, 2.05) is 0 Å². The van der Waals surface area contributed by atoms with E-state index in [1.165, 1.54) is 164 Å². The number of thioether (sulfide) groups is 1. The van der Waals surface area contributed by atoms with Crippen molar-refractivity contribution in [1.82, 2.24) is 5.32 Å². The molecule has 0 saturated carbocycles. The second kappa shape index (κ2) is 39.4. The summed E-state index contributed by atoms with van der Waals surface area (Å²) in [6, 6.07) is 3.90. The van der Waals surface area contributed by atoms with Gasteiger partial charge in [-0.05, 0) is 37.1 Å². The van der Waals surface area contributed by atoms with Crippen molar-refractivity contribution < 1.29 is 53.2 Å². The van der Waals surface area contributed by atoms with Crippen molar-refractivity contribution in [3.63, 3.8) is 0 Å². The van der Waals surface area contributed by atoms with Crippen LogP contribution in [-0.4, -0.2) is 81.9 Å².